The molecule has 0 fully saturated rings. The Morgan fingerprint density at radius 1 is 1.21 bits per heavy atom. The highest BCUT2D eigenvalue weighted by molar-refractivity contribution is 5.93. The Morgan fingerprint density at radius 2 is 1.96 bits per heavy atom. The number of hydrogen-bond acceptors (Lipinski definition) is 6. The van der Waals surface area contributed by atoms with Crippen molar-refractivity contribution in [3.8, 4) is 11.8 Å². The fourth-order valence-corrected chi connectivity index (χ4v) is 2.79. The van der Waals surface area contributed by atoms with E-state index in [2.05, 4.69) is 10.3 Å². The molecule has 2 aromatic carbocycles. The van der Waals surface area contributed by atoms with Gasteiger partial charge in [0.2, 0.25) is 5.91 Å². The zero-order chi connectivity index (χ0) is 19.9. The first-order chi connectivity index (χ1) is 13.6. The molecule has 3 aromatic rings. The van der Waals surface area contributed by atoms with E-state index in [1.807, 2.05) is 13.0 Å². The highest BCUT2D eigenvalue weighted by atomic mass is 16.5. The van der Waals surface area contributed by atoms with Crippen LogP contribution in [-0.2, 0) is 11.3 Å². The molecule has 8 heteroatoms. The number of rotatable bonds is 7. The lowest BCUT2D eigenvalue weighted by Gasteiger charge is -2.22. The van der Waals surface area contributed by atoms with E-state index in [0.29, 0.717) is 28.9 Å². The van der Waals surface area contributed by atoms with Crippen LogP contribution in [0.15, 0.2) is 53.3 Å². The van der Waals surface area contributed by atoms with Gasteiger partial charge in [-0.2, -0.15) is 5.26 Å². The van der Waals surface area contributed by atoms with Crippen molar-refractivity contribution in [3.05, 3.63) is 58.9 Å². The molecule has 0 atom stereocenters. The van der Waals surface area contributed by atoms with Gasteiger partial charge in [0.1, 0.15) is 17.8 Å². The fourth-order valence-electron chi connectivity index (χ4n) is 2.79. The van der Waals surface area contributed by atoms with Crippen molar-refractivity contribution in [1.29, 1.82) is 5.26 Å². The third-order valence-corrected chi connectivity index (χ3v) is 4.12. The van der Waals surface area contributed by atoms with Crippen LogP contribution in [0.5, 0.6) is 5.75 Å². The molecule has 0 saturated heterocycles. The molecular formula is C20H19N5O3. The summed E-state index contributed by atoms with van der Waals surface area (Å²) in [6, 6.07) is 15.9. The summed E-state index contributed by atoms with van der Waals surface area (Å²) in [6.07, 6.45) is 0.164. The van der Waals surface area contributed by atoms with Crippen LogP contribution in [0.25, 0.3) is 10.9 Å². The molecule has 8 nitrogen and oxygen atoms in total. The van der Waals surface area contributed by atoms with Crippen LogP contribution in [-0.4, -0.2) is 34.1 Å². The highest BCUT2D eigenvalue weighted by Gasteiger charge is 2.18. The first-order valence-electron chi connectivity index (χ1n) is 8.86. The van der Waals surface area contributed by atoms with Crippen LogP contribution in [0, 0.1) is 11.3 Å². The molecule has 0 bridgehead atoms. The number of benzene rings is 2. The Bertz CT molecular complexity index is 1070. The Labute approximate surface area is 161 Å². The number of anilines is 1. The van der Waals surface area contributed by atoms with Gasteiger partial charge in [0.15, 0.2) is 0 Å². The van der Waals surface area contributed by atoms with Crippen LogP contribution in [0.4, 0.5) is 5.69 Å². The number of hydrogen-bond donors (Lipinski definition) is 0. The summed E-state index contributed by atoms with van der Waals surface area (Å²) in [5.41, 5.74) is 0.709. The number of nitrogens with zero attached hydrogens (tertiary/aromatic N) is 5. The Balaban J connectivity index is 1.86. The third-order valence-electron chi connectivity index (χ3n) is 4.12. The quantitative estimate of drug-likeness (QED) is 0.625. The van der Waals surface area contributed by atoms with Gasteiger partial charge in [-0.3, -0.25) is 9.59 Å². The van der Waals surface area contributed by atoms with E-state index in [9.17, 15) is 9.59 Å². The predicted molar refractivity (Wildman–Crippen MR) is 104 cm³/mol. The van der Waals surface area contributed by atoms with Crippen molar-refractivity contribution in [2.75, 3.05) is 18.1 Å². The second-order valence-electron chi connectivity index (χ2n) is 5.95. The number of aromatic nitrogens is 3. The van der Waals surface area contributed by atoms with E-state index in [0.717, 1.165) is 4.68 Å². The third kappa shape index (κ3) is 4.15. The Hall–Kier alpha value is -3.73. The topological polar surface area (TPSA) is 101 Å². The monoisotopic (exact) mass is 377 g/mol. The van der Waals surface area contributed by atoms with Gasteiger partial charge < -0.3 is 9.64 Å². The van der Waals surface area contributed by atoms with E-state index in [4.69, 9.17) is 10.00 Å². The largest absolute Gasteiger partial charge is 0.494 e. The first kappa shape index (κ1) is 19.0. The normalized spacial score (nSPS) is 10.4. The van der Waals surface area contributed by atoms with Gasteiger partial charge in [0, 0.05) is 12.2 Å². The van der Waals surface area contributed by atoms with Crippen LogP contribution in [0.2, 0.25) is 0 Å². The number of ether oxygens (including phenoxy) is 1. The molecule has 0 aliphatic carbocycles. The summed E-state index contributed by atoms with van der Waals surface area (Å²) in [7, 11) is 0. The van der Waals surface area contributed by atoms with Crippen LogP contribution >= 0.6 is 0 Å². The Kier molecular flexibility index (Phi) is 5.97. The van der Waals surface area contributed by atoms with Crippen molar-refractivity contribution in [2.45, 2.75) is 19.9 Å². The zero-order valence-corrected chi connectivity index (χ0v) is 15.4. The molecule has 1 heterocycles. The minimum atomic E-state index is -0.383. The minimum absolute atomic E-state index is 0.164. The summed E-state index contributed by atoms with van der Waals surface area (Å²) in [6.45, 7) is 2.37. The first-order valence-corrected chi connectivity index (χ1v) is 8.86. The molecular weight excluding hydrogens is 358 g/mol. The van der Waals surface area contributed by atoms with Crippen LogP contribution < -0.4 is 15.2 Å². The second kappa shape index (κ2) is 8.77. The van der Waals surface area contributed by atoms with Gasteiger partial charge in [0.05, 0.1) is 24.5 Å². The molecule has 28 heavy (non-hydrogen) atoms. The summed E-state index contributed by atoms with van der Waals surface area (Å²) in [5.74, 6) is 0.335. The van der Waals surface area contributed by atoms with Gasteiger partial charge in [-0.05, 0) is 43.3 Å². The van der Waals surface area contributed by atoms with Crippen LogP contribution in [0.3, 0.4) is 0 Å². The molecule has 3 rings (SSSR count). The molecule has 142 valence electrons. The van der Waals surface area contributed by atoms with Gasteiger partial charge in [-0.25, -0.2) is 4.68 Å². The zero-order valence-electron chi connectivity index (χ0n) is 15.4. The van der Waals surface area contributed by atoms with E-state index < -0.39 is 0 Å². The lowest BCUT2D eigenvalue weighted by molar-refractivity contribution is -0.119. The summed E-state index contributed by atoms with van der Waals surface area (Å²) < 4.78 is 6.46. The van der Waals surface area contributed by atoms with Crippen molar-refractivity contribution in [2.24, 2.45) is 0 Å². The van der Waals surface area contributed by atoms with Gasteiger partial charge in [-0.1, -0.05) is 17.3 Å². The smallest absolute Gasteiger partial charge is 0.278 e. The minimum Gasteiger partial charge on any atom is -0.494 e. The lowest BCUT2D eigenvalue weighted by Crippen LogP contribution is -2.38. The second-order valence-corrected chi connectivity index (χ2v) is 5.95. The average molecular weight is 377 g/mol. The van der Waals surface area contributed by atoms with Gasteiger partial charge in [-0.15, -0.1) is 5.10 Å². The molecule has 0 aliphatic heterocycles. The van der Waals surface area contributed by atoms with Crippen molar-refractivity contribution in [1.82, 2.24) is 15.0 Å². The van der Waals surface area contributed by atoms with E-state index in [-0.39, 0.29) is 31.0 Å². The average Bonchev–Trinajstić information content (AvgIpc) is 2.72. The number of carbonyl (C=O) groups excluding carboxylic acids is 1. The predicted octanol–water partition coefficient (Wildman–Crippen LogP) is 2.14. The molecule has 0 aliphatic rings. The van der Waals surface area contributed by atoms with E-state index >= 15 is 0 Å². The van der Waals surface area contributed by atoms with Crippen LogP contribution in [0.1, 0.15) is 13.3 Å². The molecule has 0 unspecified atom stereocenters. The number of fused-ring (bicyclic) bond motifs is 1. The molecule has 0 saturated carbocycles. The summed E-state index contributed by atoms with van der Waals surface area (Å²) in [4.78, 5) is 26.9. The number of nitriles is 1. The maximum absolute atomic E-state index is 12.9. The standard InChI is InChI=1S/C20H19N5O3/c1-2-28-16-10-8-15(9-11-16)24(13-5-12-21)19(26)14-25-20(27)17-6-3-4-7-18(17)22-23-25/h3-4,6-11H,2,5,13-14H2,1H3. The van der Waals surface area contributed by atoms with E-state index in [1.165, 1.54) is 4.90 Å². The maximum Gasteiger partial charge on any atom is 0.278 e. The maximum atomic E-state index is 12.9. The Morgan fingerprint density at radius 3 is 2.68 bits per heavy atom. The molecule has 0 radical (unpaired) electrons. The van der Waals surface area contributed by atoms with Crippen molar-refractivity contribution >= 4 is 22.5 Å². The van der Waals surface area contributed by atoms with Gasteiger partial charge >= 0.3 is 0 Å². The number of amides is 1. The highest BCUT2D eigenvalue weighted by Crippen LogP contribution is 2.20. The summed E-state index contributed by atoms with van der Waals surface area (Å²) in [5, 5.41) is 17.2. The SMILES string of the molecule is CCOc1ccc(N(CCC#N)C(=O)Cn2nnc3ccccc3c2=O)cc1. The fraction of sp³-hybridized carbons (Fsp3) is 0.250. The van der Waals surface area contributed by atoms with E-state index in [1.54, 1.807) is 48.5 Å². The van der Waals surface area contributed by atoms with Gasteiger partial charge in [0.25, 0.3) is 5.56 Å². The lowest BCUT2D eigenvalue weighted by atomic mass is 10.2. The molecule has 1 aromatic heterocycles. The molecule has 0 N–H and O–H groups in total. The molecule has 0 spiro atoms. The van der Waals surface area contributed by atoms with Crippen molar-refractivity contribution in [3.63, 3.8) is 0 Å². The van der Waals surface area contributed by atoms with Crippen molar-refractivity contribution < 1.29 is 9.53 Å². The number of carbonyl (C=O) groups is 1. The molecule has 1 amide bonds. The summed E-state index contributed by atoms with van der Waals surface area (Å²) >= 11 is 0.